The molecule has 3 heteroatoms. The summed E-state index contributed by atoms with van der Waals surface area (Å²) in [5, 5.41) is 3.39. The molecule has 1 fully saturated rings. The zero-order valence-corrected chi connectivity index (χ0v) is 12.2. The fraction of sp³-hybridized carbons (Fsp3) is 0.500. The summed E-state index contributed by atoms with van der Waals surface area (Å²) in [6.45, 7) is 2.13. The monoisotopic (exact) mass is 272 g/mol. The predicted octanol–water partition coefficient (Wildman–Crippen LogP) is 4.95. The lowest BCUT2D eigenvalue weighted by atomic mass is 9.97. The molecule has 2 aromatic rings. The first-order valence-corrected chi connectivity index (χ1v) is 8.09. The molecule has 2 nitrogen and oxygen atoms in total. The number of pyridine rings is 1. The van der Waals surface area contributed by atoms with Crippen LogP contribution in [0.5, 0.6) is 0 Å². The maximum Gasteiger partial charge on any atom is 0.125 e. The van der Waals surface area contributed by atoms with Gasteiger partial charge in [0.2, 0.25) is 0 Å². The molecule has 1 saturated carbocycles. The van der Waals surface area contributed by atoms with Gasteiger partial charge in [-0.05, 0) is 31.4 Å². The van der Waals surface area contributed by atoms with Crippen molar-refractivity contribution in [1.29, 1.82) is 0 Å². The van der Waals surface area contributed by atoms with E-state index in [-0.39, 0.29) is 0 Å². The summed E-state index contributed by atoms with van der Waals surface area (Å²) >= 11 is 1.77. The Hall–Kier alpha value is -1.22. The molecule has 3 rings (SSSR count). The SMILES string of the molecule is Cc1ccncc1-c1nc(C2CCCCCC2)cs1. The minimum atomic E-state index is 0.685. The van der Waals surface area contributed by atoms with Gasteiger partial charge in [-0.15, -0.1) is 11.3 Å². The molecule has 0 radical (unpaired) electrons. The van der Waals surface area contributed by atoms with E-state index in [0.29, 0.717) is 5.92 Å². The summed E-state index contributed by atoms with van der Waals surface area (Å²) < 4.78 is 0. The van der Waals surface area contributed by atoms with E-state index in [1.165, 1.54) is 55.3 Å². The molecular formula is C16H20N2S. The topological polar surface area (TPSA) is 25.8 Å². The van der Waals surface area contributed by atoms with Gasteiger partial charge in [0.25, 0.3) is 0 Å². The predicted molar refractivity (Wildman–Crippen MR) is 80.5 cm³/mol. The van der Waals surface area contributed by atoms with Crippen LogP contribution in [0.1, 0.15) is 55.7 Å². The lowest BCUT2D eigenvalue weighted by molar-refractivity contribution is 0.581. The van der Waals surface area contributed by atoms with Crippen LogP contribution in [-0.4, -0.2) is 9.97 Å². The number of aryl methyl sites for hydroxylation is 1. The number of hydrogen-bond acceptors (Lipinski definition) is 3. The number of thiazole rings is 1. The van der Waals surface area contributed by atoms with Gasteiger partial charge in [0.15, 0.2) is 0 Å². The van der Waals surface area contributed by atoms with Crippen molar-refractivity contribution in [2.24, 2.45) is 0 Å². The maximum absolute atomic E-state index is 4.89. The Bertz CT molecular complexity index is 539. The molecule has 2 heterocycles. The second-order valence-electron chi connectivity index (χ2n) is 5.46. The van der Waals surface area contributed by atoms with Crippen molar-refractivity contribution in [1.82, 2.24) is 9.97 Å². The second kappa shape index (κ2) is 5.83. The summed E-state index contributed by atoms with van der Waals surface area (Å²) in [7, 11) is 0. The molecule has 2 aromatic heterocycles. The summed E-state index contributed by atoms with van der Waals surface area (Å²) in [4.78, 5) is 9.11. The minimum absolute atomic E-state index is 0.685. The number of nitrogens with zero attached hydrogens (tertiary/aromatic N) is 2. The van der Waals surface area contributed by atoms with E-state index in [1.807, 2.05) is 12.4 Å². The summed E-state index contributed by atoms with van der Waals surface area (Å²) in [6, 6.07) is 2.06. The molecule has 19 heavy (non-hydrogen) atoms. The molecular weight excluding hydrogens is 252 g/mol. The van der Waals surface area contributed by atoms with Crippen LogP contribution in [0.2, 0.25) is 0 Å². The molecule has 0 aromatic carbocycles. The summed E-state index contributed by atoms with van der Waals surface area (Å²) in [5.41, 5.74) is 3.76. The van der Waals surface area contributed by atoms with Crippen molar-refractivity contribution < 1.29 is 0 Å². The molecule has 0 N–H and O–H groups in total. The Morgan fingerprint density at radius 2 is 1.95 bits per heavy atom. The van der Waals surface area contributed by atoms with Crippen molar-refractivity contribution in [3.63, 3.8) is 0 Å². The highest BCUT2D eigenvalue weighted by atomic mass is 32.1. The highest BCUT2D eigenvalue weighted by Crippen LogP contribution is 2.34. The highest BCUT2D eigenvalue weighted by molar-refractivity contribution is 7.13. The van der Waals surface area contributed by atoms with Gasteiger partial charge >= 0.3 is 0 Å². The van der Waals surface area contributed by atoms with Crippen LogP contribution >= 0.6 is 11.3 Å². The van der Waals surface area contributed by atoms with Gasteiger partial charge in [0.05, 0.1) is 5.69 Å². The lowest BCUT2D eigenvalue weighted by Gasteiger charge is -2.10. The zero-order chi connectivity index (χ0) is 13.1. The van der Waals surface area contributed by atoms with Crippen LogP contribution in [0, 0.1) is 6.92 Å². The Morgan fingerprint density at radius 3 is 2.68 bits per heavy atom. The van der Waals surface area contributed by atoms with Crippen LogP contribution in [0.25, 0.3) is 10.6 Å². The molecule has 1 aliphatic rings. The second-order valence-corrected chi connectivity index (χ2v) is 6.31. The normalized spacial score (nSPS) is 17.3. The standard InChI is InChI=1S/C16H20N2S/c1-12-8-9-17-10-14(12)16-18-15(11-19-16)13-6-4-2-3-5-7-13/h8-11,13H,2-7H2,1H3. The average molecular weight is 272 g/mol. The van der Waals surface area contributed by atoms with Gasteiger partial charge in [0.1, 0.15) is 5.01 Å². The van der Waals surface area contributed by atoms with Crippen LogP contribution in [0.15, 0.2) is 23.8 Å². The van der Waals surface area contributed by atoms with Crippen molar-refractivity contribution >= 4 is 11.3 Å². The minimum Gasteiger partial charge on any atom is -0.264 e. The van der Waals surface area contributed by atoms with E-state index in [1.54, 1.807) is 11.3 Å². The van der Waals surface area contributed by atoms with Crippen LogP contribution in [0.3, 0.4) is 0 Å². The molecule has 0 saturated heterocycles. The van der Waals surface area contributed by atoms with Crippen LogP contribution < -0.4 is 0 Å². The Labute approximate surface area is 118 Å². The van der Waals surface area contributed by atoms with Crippen LogP contribution in [0.4, 0.5) is 0 Å². The zero-order valence-electron chi connectivity index (χ0n) is 11.4. The summed E-state index contributed by atoms with van der Waals surface area (Å²) in [5.74, 6) is 0.685. The quantitative estimate of drug-likeness (QED) is 0.723. The van der Waals surface area contributed by atoms with Crippen molar-refractivity contribution in [2.45, 2.75) is 51.4 Å². The summed E-state index contributed by atoms with van der Waals surface area (Å²) in [6.07, 6.45) is 11.9. The van der Waals surface area contributed by atoms with E-state index in [0.717, 1.165) is 5.01 Å². The fourth-order valence-electron chi connectivity index (χ4n) is 2.86. The smallest absolute Gasteiger partial charge is 0.125 e. The van der Waals surface area contributed by atoms with Gasteiger partial charge in [-0.25, -0.2) is 4.98 Å². The number of rotatable bonds is 2. The first-order chi connectivity index (χ1) is 9.34. The Morgan fingerprint density at radius 1 is 1.16 bits per heavy atom. The number of aromatic nitrogens is 2. The molecule has 0 amide bonds. The molecule has 0 atom stereocenters. The first-order valence-electron chi connectivity index (χ1n) is 7.21. The van der Waals surface area contributed by atoms with E-state index in [2.05, 4.69) is 23.4 Å². The number of hydrogen-bond donors (Lipinski definition) is 0. The molecule has 1 aliphatic carbocycles. The Balaban J connectivity index is 1.85. The largest absolute Gasteiger partial charge is 0.264 e. The molecule has 0 bridgehead atoms. The first kappa shape index (κ1) is 12.8. The van der Waals surface area contributed by atoms with Crippen molar-refractivity contribution in [2.75, 3.05) is 0 Å². The van der Waals surface area contributed by atoms with Crippen molar-refractivity contribution in [3.8, 4) is 10.6 Å². The molecule has 0 unspecified atom stereocenters. The van der Waals surface area contributed by atoms with Gasteiger partial charge in [0, 0.05) is 29.3 Å². The van der Waals surface area contributed by atoms with Gasteiger partial charge in [-0.3, -0.25) is 4.98 Å². The van der Waals surface area contributed by atoms with E-state index >= 15 is 0 Å². The molecule has 0 aliphatic heterocycles. The molecule has 100 valence electrons. The van der Waals surface area contributed by atoms with Gasteiger partial charge in [-0.1, -0.05) is 25.7 Å². The van der Waals surface area contributed by atoms with E-state index in [4.69, 9.17) is 4.98 Å². The van der Waals surface area contributed by atoms with Crippen LogP contribution in [-0.2, 0) is 0 Å². The maximum atomic E-state index is 4.89. The fourth-order valence-corrected chi connectivity index (χ4v) is 3.84. The third kappa shape index (κ3) is 2.86. The Kier molecular flexibility index (Phi) is 3.92. The van der Waals surface area contributed by atoms with Crippen molar-refractivity contribution in [3.05, 3.63) is 35.1 Å². The van der Waals surface area contributed by atoms with E-state index in [9.17, 15) is 0 Å². The third-order valence-electron chi connectivity index (χ3n) is 4.06. The van der Waals surface area contributed by atoms with Gasteiger partial charge < -0.3 is 0 Å². The molecule has 0 spiro atoms. The lowest BCUT2D eigenvalue weighted by Crippen LogP contribution is -1.97. The third-order valence-corrected chi connectivity index (χ3v) is 4.96. The van der Waals surface area contributed by atoms with Gasteiger partial charge in [-0.2, -0.15) is 0 Å². The average Bonchev–Trinajstić information content (AvgIpc) is 2.75. The van der Waals surface area contributed by atoms with E-state index < -0.39 is 0 Å². The highest BCUT2D eigenvalue weighted by Gasteiger charge is 2.18.